The number of piperazine rings is 1. The van der Waals surface area contributed by atoms with Gasteiger partial charge in [0.2, 0.25) is 0 Å². The van der Waals surface area contributed by atoms with Gasteiger partial charge in [-0.1, -0.05) is 12.1 Å². The minimum Gasteiger partial charge on any atom is -0.361 e. The molecule has 1 aliphatic rings. The lowest BCUT2D eigenvalue weighted by molar-refractivity contribution is -0.140. The van der Waals surface area contributed by atoms with Gasteiger partial charge in [0.05, 0.1) is 17.3 Å². The Morgan fingerprint density at radius 2 is 1.78 bits per heavy atom. The van der Waals surface area contributed by atoms with Gasteiger partial charge < -0.3 is 15.1 Å². The number of rotatable bonds is 4. The standard InChI is InChI=1S/C22H24F4N6/c1-13(15-5-4-6-18(20(15)23)22(24,25)26)28-21-16-11-19(32-9-7-31(3)8-10-32)27-12-17(16)14(2)29-30-21/h4-6,11-13H,7-10H2,1-3H3,(H,28,30)/t13-/m1/s1. The van der Waals surface area contributed by atoms with E-state index in [1.807, 2.05) is 13.0 Å². The molecule has 1 aliphatic heterocycles. The second kappa shape index (κ2) is 8.50. The molecule has 6 nitrogen and oxygen atoms in total. The molecular formula is C22H24F4N6. The maximum atomic E-state index is 14.6. The van der Waals surface area contributed by atoms with Crippen LogP contribution < -0.4 is 10.2 Å². The van der Waals surface area contributed by atoms with E-state index < -0.39 is 23.6 Å². The van der Waals surface area contributed by atoms with Gasteiger partial charge in [0.15, 0.2) is 5.82 Å². The van der Waals surface area contributed by atoms with E-state index in [2.05, 4.69) is 37.3 Å². The lowest BCUT2D eigenvalue weighted by atomic mass is 10.0. The van der Waals surface area contributed by atoms with Crippen molar-refractivity contribution in [1.82, 2.24) is 20.1 Å². The van der Waals surface area contributed by atoms with Gasteiger partial charge in [0.25, 0.3) is 0 Å². The van der Waals surface area contributed by atoms with Gasteiger partial charge >= 0.3 is 6.18 Å². The van der Waals surface area contributed by atoms with Gasteiger partial charge in [0, 0.05) is 48.7 Å². The third-order valence-corrected chi connectivity index (χ3v) is 5.82. The number of pyridine rings is 1. The second-order valence-corrected chi connectivity index (χ2v) is 8.08. The maximum Gasteiger partial charge on any atom is 0.419 e. The first-order valence-electron chi connectivity index (χ1n) is 10.3. The Labute approximate surface area is 183 Å². The van der Waals surface area contributed by atoms with Crippen LogP contribution in [-0.2, 0) is 6.18 Å². The highest BCUT2D eigenvalue weighted by atomic mass is 19.4. The molecule has 3 aromatic rings. The first-order chi connectivity index (χ1) is 15.1. The van der Waals surface area contributed by atoms with Crippen molar-refractivity contribution in [2.75, 3.05) is 43.4 Å². The molecule has 2 aromatic heterocycles. The summed E-state index contributed by atoms with van der Waals surface area (Å²) in [5.41, 5.74) is -0.699. The molecule has 0 amide bonds. The quantitative estimate of drug-likeness (QED) is 0.597. The number of nitrogens with zero attached hydrogens (tertiary/aromatic N) is 5. The van der Waals surface area contributed by atoms with Crippen molar-refractivity contribution in [3.63, 3.8) is 0 Å². The van der Waals surface area contributed by atoms with E-state index in [1.165, 1.54) is 12.1 Å². The predicted molar refractivity (Wildman–Crippen MR) is 115 cm³/mol. The summed E-state index contributed by atoms with van der Waals surface area (Å²) in [6.07, 6.45) is -3.03. The lowest BCUT2D eigenvalue weighted by Crippen LogP contribution is -2.44. The molecule has 0 spiro atoms. The topological polar surface area (TPSA) is 57.2 Å². The summed E-state index contributed by atoms with van der Waals surface area (Å²) in [5.74, 6) is -0.129. The van der Waals surface area contributed by atoms with Gasteiger partial charge in [-0.2, -0.15) is 18.3 Å². The van der Waals surface area contributed by atoms with Gasteiger partial charge in [-0.3, -0.25) is 0 Å². The number of aromatic nitrogens is 3. The average molecular weight is 448 g/mol. The Morgan fingerprint density at radius 3 is 2.47 bits per heavy atom. The van der Waals surface area contributed by atoms with E-state index in [-0.39, 0.29) is 5.56 Å². The third-order valence-electron chi connectivity index (χ3n) is 5.82. The number of hydrogen-bond donors (Lipinski definition) is 1. The number of halogens is 4. The maximum absolute atomic E-state index is 14.6. The molecule has 0 saturated carbocycles. The third kappa shape index (κ3) is 4.32. The summed E-state index contributed by atoms with van der Waals surface area (Å²) >= 11 is 0. The number of benzene rings is 1. The van der Waals surface area contributed by atoms with Crippen molar-refractivity contribution < 1.29 is 17.6 Å². The molecule has 1 saturated heterocycles. The van der Waals surface area contributed by atoms with E-state index in [0.29, 0.717) is 11.5 Å². The summed E-state index contributed by atoms with van der Waals surface area (Å²) in [6.45, 7) is 6.91. The summed E-state index contributed by atoms with van der Waals surface area (Å²) in [7, 11) is 2.07. The van der Waals surface area contributed by atoms with Crippen LogP contribution >= 0.6 is 0 Å². The average Bonchev–Trinajstić information content (AvgIpc) is 2.75. The normalized spacial score (nSPS) is 16.4. The molecule has 10 heteroatoms. The zero-order chi connectivity index (χ0) is 23.0. The lowest BCUT2D eigenvalue weighted by Gasteiger charge is -2.33. The number of fused-ring (bicyclic) bond motifs is 1. The molecule has 0 bridgehead atoms. The molecule has 1 N–H and O–H groups in total. The van der Waals surface area contributed by atoms with Crippen molar-refractivity contribution in [3.8, 4) is 0 Å². The van der Waals surface area contributed by atoms with E-state index in [4.69, 9.17) is 0 Å². The predicted octanol–water partition coefficient (Wildman–Crippen LogP) is 4.42. The molecule has 0 unspecified atom stereocenters. The summed E-state index contributed by atoms with van der Waals surface area (Å²) in [6, 6.07) is 4.41. The van der Waals surface area contributed by atoms with Crippen LogP contribution in [0.1, 0.15) is 29.8 Å². The van der Waals surface area contributed by atoms with Crippen molar-refractivity contribution >= 4 is 22.4 Å². The largest absolute Gasteiger partial charge is 0.419 e. The Morgan fingerprint density at radius 1 is 1.06 bits per heavy atom. The van der Waals surface area contributed by atoms with Crippen LogP contribution in [0.25, 0.3) is 10.8 Å². The second-order valence-electron chi connectivity index (χ2n) is 8.08. The fourth-order valence-corrected chi connectivity index (χ4v) is 3.86. The number of nitrogens with one attached hydrogen (secondary N) is 1. The molecule has 1 aromatic carbocycles. The van der Waals surface area contributed by atoms with Crippen LogP contribution in [0.5, 0.6) is 0 Å². The molecule has 0 aliphatic carbocycles. The van der Waals surface area contributed by atoms with Crippen LogP contribution in [0.15, 0.2) is 30.5 Å². The number of anilines is 2. The number of aryl methyl sites for hydroxylation is 1. The molecular weight excluding hydrogens is 424 g/mol. The smallest absolute Gasteiger partial charge is 0.361 e. The fraction of sp³-hybridized carbons (Fsp3) is 0.409. The van der Waals surface area contributed by atoms with E-state index in [1.54, 1.807) is 13.1 Å². The van der Waals surface area contributed by atoms with Crippen LogP contribution in [0.4, 0.5) is 29.2 Å². The van der Waals surface area contributed by atoms with E-state index in [9.17, 15) is 17.6 Å². The first-order valence-corrected chi connectivity index (χ1v) is 10.3. The highest BCUT2D eigenvalue weighted by molar-refractivity contribution is 5.94. The zero-order valence-electron chi connectivity index (χ0n) is 18.0. The molecule has 1 fully saturated rings. The fourth-order valence-electron chi connectivity index (χ4n) is 3.86. The SMILES string of the molecule is Cc1nnc(N[C@H](C)c2cccc(C(F)(F)F)c2F)c2cc(N3CCN(C)CC3)ncc12. The van der Waals surface area contributed by atoms with Gasteiger partial charge in [-0.15, -0.1) is 5.10 Å². The number of hydrogen-bond acceptors (Lipinski definition) is 6. The molecule has 170 valence electrons. The van der Waals surface area contributed by atoms with E-state index in [0.717, 1.165) is 48.8 Å². The first kappa shape index (κ1) is 22.2. The van der Waals surface area contributed by atoms with Gasteiger partial charge in [-0.25, -0.2) is 9.37 Å². The Bertz CT molecular complexity index is 1130. The summed E-state index contributed by atoms with van der Waals surface area (Å²) in [5, 5.41) is 12.9. The molecule has 3 heterocycles. The van der Waals surface area contributed by atoms with Crippen LogP contribution in [0.2, 0.25) is 0 Å². The van der Waals surface area contributed by atoms with Gasteiger partial charge in [-0.05, 0) is 33.0 Å². The van der Waals surface area contributed by atoms with Crippen molar-refractivity contribution in [2.45, 2.75) is 26.1 Å². The summed E-state index contributed by atoms with van der Waals surface area (Å²) in [4.78, 5) is 8.99. The van der Waals surface area contributed by atoms with Crippen molar-refractivity contribution in [2.24, 2.45) is 0 Å². The number of likely N-dealkylation sites (N-methyl/N-ethyl adjacent to an activating group) is 1. The summed E-state index contributed by atoms with van der Waals surface area (Å²) < 4.78 is 54.0. The van der Waals surface area contributed by atoms with Crippen LogP contribution in [0.3, 0.4) is 0 Å². The van der Waals surface area contributed by atoms with E-state index >= 15 is 0 Å². The minimum atomic E-state index is -4.76. The van der Waals surface area contributed by atoms with Gasteiger partial charge in [0.1, 0.15) is 11.6 Å². The Hall–Kier alpha value is -3.01. The Balaban J connectivity index is 1.69. The Kier molecular flexibility index (Phi) is 5.89. The molecule has 0 radical (unpaired) electrons. The highest BCUT2D eigenvalue weighted by Crippen LogP contribution is 2.35. The minimum absolute atomic E-state index is 0.0938. The van der Waals surface area contributed by atoms with Crippen molar-refractivity contribution in [1.29, 1.82) is 0 Å². The van der Waals surface area contributed by atoms with Crippen LogP contribution in [0, 0.1) is 12.7 Å². The molecule has 32 heavy (non-hydrogen) atoms. The highest BCUT2D eigenvalue weighted by Gasteiger charge is 2.35. The van der Waals surface area contributed by atoms with Crippen LogP contribution in [-0.4, -0.2) is 53.3 Å². The molecule has 4 rings (SSSR count). The molecule has 1 atom stereocenters. The number of alkyl halides is 3. The zero-order valence-corrected chi connectivity index (χ0v) is 18.0. The monoisotopic (exact) mass is 448 g/mol. The van der Waals surface area contributed by atoms with Crippen molar-refractivity contribution in [3.05, 3.63) is 53.1 Å².